The van der Waals surface area contributed by atoms with Crippen molar-refractivity contribution < 1.29 is 28.5 Å². The zero-order chi connectivity index (χ0) is 24.5. The summed E-state index contributed by atoms with van der Waals surface area (Å²) in [6, 6.07) is 4.76. The van der Waals surface area contributed by atoms with E-state index in [1.807, 2.05) is 6.92 Å². The Labute approximate surface area is 202 Å². The number of azo groups is 1. The molecule has 0 radical (unpaired) electrons. The number of carbonyl (C=O) groups excluding carboxylic acids is 2. The minimum Gasteiger partial charge on any atom is -0.495 e. The lowest BCUT2D eigenvalue weighted by Gasteiger charge is -2.16. The number of ketones is 1. The molecule has 178 valence electrons. The molecule has 9 nitrogen and oxygen atoms in total. The molecule has 0 bridgehead atoms. The molecule has 33 heavy (non-hydrogen) atoms. The van der Waals surface area contributed by atoms with E-state index in [-0.39, 0.29) is 22.1 Å². The van der Waals surface area contributed by atoms with Crippen molar-refractivity contribution in [1.82, 2.24) is 0 Å². The third-order valence-electron chi connectivity index (χ3n) is 4.28. The van der Waals surface area contributed by atoms with Crippen LogP contribution in [-0.4, -0.2) is 45.2 Å². The molecule has 0 heterocycles. The highest BCUT2D eigenvalue weighted by atomic mass is 35.5. The summed E-state index contributed by atoms with van der Waals surface area (Å²) in [6.45, 7) is 5.55. The van der Waals surface area contributed by atoms with Crippen molar-refractivity contribution in [2.45, 2.75) is 26.8 Å². The number of ether oxygens (including phenoxy) is 4. The number of benzene rings is 2. The van der Waals surface area contributed by atoms with Crippen LogP contribution in [-0.2, 0) is 9.59 Å². The summed E-state index contributed by atoms with van der Waals surface area (Å²) in [5.41, 5.74) is 0.394. The zero-order valence-electron chi connectivity index (χ0n) is 18.9. The summed E-state index contributed by atoms with van der Waals surface area (Å²) in [4.78, 5) is 25.1. The molecule has 2 aromatic carbocycles. The van der Waals surface area contributed by atoms with Gasteiger partial charge in [-0.3, -0.25) is 9.59 Å². The first kappa shape index (κ1) is 26.2. The van der Waals surface area contributed by atoms with Crippen molar-refractivity contribution in [2.75, 3.05) is 32.8 Å². The highest BCUT2D eigenvalue weighted by Gasteiger charge is 2.26. The van der Waals surface area contributed by atoms with Crippen molar-refractivity contribution in [2.24, 2.45) is 10.2 Å². The lowest BCUT2D eigenvalue weighted by atomic mass is 10.2. The summed E-state index contributed by atoms with van der Waals surface area (Å²) in [5.74, 6) is 0.0110. The van der Waals surface area contributed by atoms with Crippen LogP contribution in [0.5, 0.6) is 23.0 Å². The Balaban J connectivity index is 2.40. The molecule has 0 saturated carbocycles. The number of hydrogen-bond donors (Lipinski definition) is 1. The minimum atomic E-state index is -1.46. The summed E-state index contributed by atoms with van der Waals surface area (Å²) >= 11 is 12.5. The lowest BCUT2D eigenvalue weighted by molar-refractivity contribution is -0.126. The number of anilines is 1. The third-order valence-corrected chi connectivity index (χ3v) is 4.95. The second kappa shape index (κ2) is 12.3. The van der Waals surface area contributed by atoms with Gasteiger partial charge in [-0.25, -0.2) is 0 Å². The fourth-order valence-corrected chi connectivity index (χ4v) is 3.24. The number of amides is 1. The maximum absolute atomic E-state index is 12.9. The molecule has 2 rings (SSSR count). The smallest absolute Gasteiger partial charge is 0.258 e. The van der Waals surface area contributed by atoms with Gasteiger partial charge in [0, 0.05) is 12.1 Å². The minimum absolute atomic E-state index is 0.113. The standard InChI is InChI=1S/C22H25Cl2N3O6/c1-6-32-17-11-14(18(33-7-2)10-13(17)23)26-27-20(12(3)28)22(29)25-21-16(31-5)9-8-15(30-4)19(21)24/h8-11,20H,6-7H2,1-5H3,(H,25,29). The predicted octanol–water partition coefficient (Wildman–Crippen LogP) is 5.49. The average Bonchev–Trinajstić information content (AvgIpc) is 2.78. The Morgan fingerprint density at radius 1 is 0.970 bits per heavy atom. The van der Waals surface area contributed by atoms with E-state index in [4.69, 9.17) is 42.1 Å². The van der Waals surface area contributed by atoms with Crippen LogP contribution >= 0.6 is 23.2 Å². The quantitative estimate of drug-likeness (QED) is 0.324. The fourth-order valence-electron chi connectivity index (χ4n) is 2.75. The first-order valence-corrected chi connectivity index (χ1v) is 10.7. The summed E-state index contributed by atoms with van der Waals surface area (Å²) in [5, 5.41) is 11.1. The van der Waals surface area contributed by atoms with Gasteiger partial charge in [-0.2, -0.15) is 10.2 Å². The van der Waals surface area contributed by atoms with E-state index in [9.17, 15) is 9.59 Å². The molecule has 11 heteroatoms. The third kappa shape index (κ3) is 6.49. The molecule has 2 aromatic rings. The molecule has 0 fully saturated rings. The van der Waals surface area contributed by atoms with Crippen LogP contribution in [0.25, 0.3) is 0 Å². The Bertz CT molecular complexity index is 1050. The Morgan fingerprint density at radius 3 is 2.15 bits per heavy atom. The van der Waals surface area contributed by atoms with Gasteiger partial charge >= 0.3 is 0 Å². The largest absolute Gasteiger partial charge is 0.495 e. The SMILES string of the molecule is CCOc1cc(N=NC(C(C)=O)C(=O)Nc2c(OC)ccc(OC)c2Cl)c(OCC)cc1Cl. The Hall–Kier alpha value is -3.04. The van der Waals surface area contributed by atoms with Crippen LogP contribution in [0.15, 0.2) is 34.5 Å². The molecule has 0 saturated heterocycles. The highest BCUT2D eigenvalue weighted by molar-refractivity contribution is 6.36. The van der Waals surface area contributed by atoms with E-state index in [2.05, 4.69) is 15.5 Å². The number of methoxy groups -OCH3 is 2. The topological polar surface area (TPSA) is 108 Å². The van der Waals surface area contributed by atoms with Gasteiger partial charge in [0.25, 0.3) is 5.91 Å². The normalized spacial score (nSPS) is 11.7. The number of hydrogen-bond acceptors (Lipinski definition) is 8. The van der Waals surface area contributed by atoms with Gasteiger partial charge in [0.15, 0.2) is 5.78 Å². The summed E-state index contributed by atoms with van der Waals surface area (Å²) in [6.07, 6.45) is 0. The van der Waals surface area contributed by atoms with Gasteiger partial charge in [0.1, 0.15) is 39.4 Å². The average molecular weight is 498 g/mol. The van der Waals surface area contributed by atoms with Gasteiger partial charge in [0.05, 0.1) is 32.5 Å². The van der Waals surface area contributed by atoms with Gasteiger partial charge in [-0.15, -0.1) is 0 Å². The number of nitrogens with zero attached hydrogens (tertiary/aromatic N) is 2. The van der Waals surface area contributed by atoms with Crippen molar-refractivity contribution >= 4 is 46.3 Å². The molecule has 0 spiro atoms. The summed E-state index contributed by atoms with van der Waals surface area (Å²) < 4.78 is 21.4. The molecular formula is C22H25Cl2N3O6. The Morgan fingerprint density at radius 2 is 1.58 bits per heavy atom. The van der Waals surface area contributed by atoms with Gasteiger partial charge < -0.3 is 24.3 Å². The summed E-state index contributed by atoms with van der Waals surface area (Å²) in [7, 11) is 2.85. The van der Waals surface area contributed by atoms with Gasteiger partial charge in [-0.05, 0) is 32.9 Å². The number of halogens is 2. The van der Waals surface area contributed by atoms with Crippen LogP contribution in [0.4, 0.5) is 11.4 Å². The van der Waals surface area contributed by atoms with E-state index >= 15 is 0 Å². The second-order valence-corrected chi connectivity index (χ2v) is 7.28. The molecule has 0 aliphatic heterocycles. The van der Waals surface area contributed by atoms with E-state index in [1.165, 1.54) is 33.3 Å². The maximum atomic E-state index is 12.9. The molecule has 1 atom stereocenters. The van der Waals surface area contributed by atoms with E-state index in [0.717, 1.165) is 0 Å². The van der Waals surface area contributed by atoms with Gasteiger partial charge in [0.2, 0.25) is 6.04 Å². The van der Waals surface area contributed by atoms with E-state index in [1.54, 1.807) is 19.1 Å². The van der Waals surface area contributed by atoms with Gasteiger partial charge in [-0.1, -0.05) is 23.2 Å². The zero-order valence-corrected chi connectivity index (χ0v) is 20.4. The predicted molar refractivity (Wildman–Crippen MR) is 126 cm³/mol. The number of nitrogens with one attached hydrogen (secondary N) is 1. The lowest BCUT2D eigenvalue weighted by Crippen LogP contribution is -2.32. The van der Waals surface area contributed by atoms with Crippen LogP contribution in [0.3, 0.4) is 0 Å². The molecule has 1 unspecified atom stereocenters. The van der Waals surface area contributed by atoms with E-state index < -0.39 is 17.7 Å². The molecule has 1 amide bonds. The molecule has 1 N–H and O–H groups in total. The maximum Gasteiger partial charge on any atom is 0.258 e. The number of carbonyl (C=O) groups is 2. The first-order valence-electron chi connectivity index (χ1n) is 9.99. The van der Waals surface area contributed by atoms with Crippen LogP contribution in [0, 0.1) is 0 Å². The monoisotopic (exact) mass is 497 g/mol. The van der Waals surface area contributed by atoms with E-state index in [0.29, 0.717) is 35.5 Å². The molecule has 0 aromatic heterocycles. The Kier molecular flexibility index (Phi) is 9.74. The molecule has 0 aliphatic rings. The van der Waals surface area contributed by atoms with Crippen LogP contribution < -0.4 is 24.3 Å². The highest BCUT2D eigenvalue weighted by Crippen LogP contribution is 2.40. The molecular weight excluding hydrogens is 473 g/mol. The van der Waals surface area contributed by atoms with Crippen molar-refractivity contribution in [3.63, 3.8) is 0 Å². The number of rotatable bonds is 11. The van der Waals surface area contributed by atoms with Crippen molar-refractivity contribution in [3.8, 4) is 23.0 Å². The first-order chi connectivity index (χ1) is 15.8. The number of Topliss-reactive ketones (excluding diaryl/α,β-unsaturated/α-hetero) is 1. The second-order valence-electron chi connectivity index (χ2n) is 6.49. The molecule has 0 aliphatic carbocycles. The van der Waals surface area contributed by atoms with Crippen LogP contribution in [0.1, 0.15) is 20.8 Å². The van der Waals surface area contributed by atoms with Crippen molar-refractivity contribution in [1.29, 1.82) is 0 Å². The fraction of sp³-hybridized carbons (Fsp3) is 0.364. The van der Waals surface area contributed by atoms with Crippen molar-refractivity contribution in [3.05, 3.63) is 34.3 Å². The van der Waals surface area contributed by atoms with Crippen LogP contribution in [0.2, 0.25) is 10.0 Å².